The lowest BCUT2D eigenvalue weighted by Gasteiger charge is -2.17. The van der Waals surface area contributed by atoms with Crippen molar-refractivity contribution >= 4 is 11.7 Å². The van der Waals surface area contributed by atoms with Gasteiger partial charge in [0.1, 0.15) is 17.4 Å². The zero-order valence-electron chi connectivity index (χ0n) is 11.1. The third kappa shape index (κ3) is 3.68. The van der Waals surface area contributed by atoms with Crippen LogP contribution in [0.3, 0.4) is 0 Å². The first-order valence-corrected chi connectivity index (χ1v) is 6.09. The molecular formula is C15H13F2NO3. The first kappa shape index (κ1) is 14.8. The van der Waals surface area contributed by atoms with Crippen LogP contribution in [0.25, 0.3) is 0 Å². The van der Waals surface area contributed by atoms with Crippen molar-refractivity contribution in [2.24, 2.45) is 0 Å². The fourth-order valence-electron chi connectivity index (χ4n) is 1.91. The van der Waals surface area contributed by atoms with Gasteiger partial charge in [0.05, 0.1) is 7.11 Å². The highest BCUT2D eigenvalue weighted by molar-refractivity contribution is 5.79. The Labute approximate surface area is 120 Å². The van der Waals surface area contributed by atoms with Crippen molar-refractivity contribution in [3.05, 3.63) is 59.7 Å². The first-order chi connectivity index (χ1) is 9.99. The van der Waals surface area contributed by atoms with Gasteiger partial charge in [0.15, 0.2) is 6.04 Å². The third-order valence-electron chi connectivity index (χ3n) is 2.85. The Kier molecular flexibility index (Phi) is 4.37. The van der Waals surface area contributed by atoms with Crippen LogP contribution in [-0.2, 0) is 4.79 Å². The summed E-state index contributed by atoms with van der Waals surface area (Å²) in [4.78, 5) is 11.3. The molecule has 0 bridgehead atoms. The maximum atomic E-state index is 13.2. The number of halogens is 2. The molecule has 0 aliphatic carbocycles. The standard InChI is InChI=1S/C15H13F2NO3/c1-21-13-4-2-3-12(8-13)18-14(15(19)20)9-5-10(16)7-11(17)6-9/h2-8,14,18H,1H3,(H,19,20). The molecule has 2 N–H and O–H groups in total. The van der Waals surface area contributed by atoms with Crippen molar-refractivity contribution in [3.8, 4) is 5.75 Å². The lowest BCUT2D eigenvalue weighted by atomic mass is 10.1. The maximum absolute atomic E-state index is 13.2. The van der Waals surface area contributed by atoms with Gasteiger partial charge in [0.25, 0.3) is 0 Å². The van der Waals surface area contributed by atoms with E-state index in [1.807, 2.05) is 0 Å². The summed E-state index contributed by atoms with van der Waals surface area (Å²) in [5.41, 5.74) is 0.453. The number of methoxy groups -OCH3 is 1. The van der Waals surface area contributed by atoms with E-state index in [0.717, 1.165) is 12.1 Å². The number of nitrogens with one attached hydrogen (secondary N) is 1. The highest BCUT2D eigenvalue weighted by atomic mass is 19.1. The van der Waals surface area contributed by atoms with Crippen LogP contribution in [0.5, 0.6) is 5.75 Å². The maximum Gasteiger partial charge on any atom is 0.330 e. The average Bonchev–Trinajstić information content (AvgIpc) is 2.43. The minimum absolute atomic E-state index is 0.0113. The van der Waals surface area contributed by atoms with Gasteiger partial charge in [0.2, 0.25) is 0 Å². The fraction of sp³-hybridized carbons (Fsp3) is 0.133. The topological polar surface area (TPSA) is 58.6 Å². The monoisotopic (exact) mass is 293 g/mol. The van der Waals surface area contributed by atoms with Crippen molar-refractivity contribution in [2.45, 2.75) is 6.04 Å². The van der Waals surface area contributed by atoms with E-state index in [4.69, 9.17) is 4.74 Å². The molecule has 2 rings (SSSR count). The van der Waals surface area contributed by atoms with Gasteiger partial charge in [-0.15, -0.1) is 0 Å². The number of rotatable bonds is 5. The Bertz CT molecular complexity index is 641. The van der Waals surface area contributed by atoms with Gasteiger partial charge >= 0.3 is 5.97 Å². The van der Waals surface area contributed by atoms with Crippen molar-refractivity contribution < 1.29 is 23.4 Å². The molecule has 0 aliphatic heterocycles. The predicted octanol–water partition coefficient (Wildman–Crippen LogP) is 3.21. The Balaban J connectivity index is 2.32. The lowest BCUT2D eigenvalue weighted by Crippen LogP contribution is -2.20. The van der Waals surface area contributed by atoms with Gasteiger partial charge in [-0.3, -0.25) is 0 Å². The molecular weight excluding hydrogens is 280 g/mol. The smallest absolute Gasteiger partial charge is 0.330 e. The van der Waals surface area contributed by atoms with Crippen LogP contribution < -0.4 is 10.1 Å². The summed E-state index contributed by atoms with van der Waals surface area (Å²) in [6, 6.07) is 7.97. The molecule has 1 unspecified atom stereocenters. The van der Waals surface area contributed by atoms with Gasteiger partial charge < -0.3 is 15.2 Å². The minimum Gasteiger partial charge on any atom is -0.497 e. The number of ether oxygens (including phenoxy) is 1. The molecule has 0 saturated heterocycles. The summed E-state index contributed by atoms with van der Waals surface area (Å²) in [6.45, 7) is 0. The molecule has 6 heteroatoms. The Morgan fingerprint density at radius 3 is 2.43 bits per heavy atom. The molecule has 0 radical (unpaired) electrons. The number of carbonyl (C=O) groups is 1. The molecule has 0 aromatic heterocycles. The molecule has 110 valence electrons. The Hall–Kier alpha value is -2.63. The van der Waals surface area contributed by atoms with Crippen molar-refractivity contribution in [1.82, 2.24) is 0 Å². The summed E-state index contributed by atoms with van der Waals surface area (Å²) in [5, 5.41) is 12.0. The van der Waals surface area contributed by atoms with Gasteiger partial charge in [-0.2, -0.15) is 0 Å². The third-order valence-corrected chi connectivity index (χ3v) is 2.85. The Morgan fingerprint density at radius 1 is 1.19 bits per heavy atom. The Morgan fingerprint density at radius 2 is 1.86 bits per heavy atom. The largest absolute Gasteiger partial charge is 0.497 e. The van der Waals surface area contributed by atoms with Crippen LogP contribution in [0, 0.1) is 11.6 Å². The molecule has 2 aromatic carbocycles. The second-order valence-electron chi connectivity index (χ2n) is 4.35. The normalized spacial score (nSPS) is 11.8. The molecule has 0 aliphatic rings. The summed E-state index contributed by atoms with van der Waals surface area (Å²) in [5.74, 6) is -2.37. The summed E-state index contributed by atoms with van der Waals surface area (Å²) in [6.07, 6.45) is 0. The number of aliphatic carboxylic acids is 1. The zero-order chi connectivity index (χ0) is 15.4. The average molecular weight is 293 g/mol. The van der Waals surface area contributed by atoms with Crippen LogP contribution in [0.1, 0.15) is 11.6 Å². The quantitative estimate of drug-likeness (QED) is 0.888. The summed E-state index contributed by atoms with van der Waals surface area (Å²) >= 11 is 0. The predicted molar refractivity (Wildman–Crippen MR) is 73.4 cm³/mol. The molecule has 2 aromatic rings. The number of carboxylic acids is 1. The highest BCUT2D eigenvalue weighted by Crippen LogP contribution is 2.24. The van der Waals surface area contributed by atoms with E-state index in [9.17, 15) is 18.7 Å². The molecule has 1 atom stereocenters. The van der Waals surface area contributed by atoms with E-state index in [-0.39, 0.29) is 5.56 Å². The van der Waals surface area contributed by atoms with Crippen molar-refractivity contribution in [1.29, 1.82) is 0 Å². The van der Waals surface area contributed by atoms with Gasteiger partial charge in [0, 0.05) is 17.8 Å². The number of hydrogen-bond donors (Lipinski definition) is 2. The van der Waals surface area contributed by atoms with Gasteiger partial charge in [-0.1, -0.05) is 6.07 Å². The zero-order valence-corrected chi connectivity index (χ0v) is 11.1. The number of anilines is 1. The van der Waals surface area contributed by atoms with E-state index in [2.05, 4.69) is 5.32 Å². The molecule has 4 nitrogen and oxygen atoms in total. The molecule has 0 fully saturated rings. The summed E-state index contributed by atoms with van der Waals surface area (Å²) in [7, 11) is 1.48. The van der Waals surface area contributed by atoms with Crippen LogP contribution in [0.2, 0.25) is 0 Å². The van der Waals surface area contributed by atoms with Gasteiger partial charge in [-0.05, 0) is 29.8 Å². The van der Waals surface area contributed by atoms with Crippen LogP contribution in [-0.4, -0.2) is 18.2 Å². The van der Waals surface area contributed by atoms with Crippen LogP contribution >= 0.6 is 0 Å². The van der Waals surface area contributed by atoms with E-state index in [0.29, 0.717) is 17.5 Å². The second kappa shape index (κ2) is 6.21. The minimum atomic E-state index is -1.28. The van der Waals surface area contributed by atoms with Crippen LogP contribution in [0.15, 0.2) is 42.5 Å². The number of benzene rings is 2. The SMILES string of the molecule is COc1cccc(NC(C(=O)O)c2cc(F)cc(F)c2)c1. The summed E-state index contributed by atoms with van der Waals surface area (Å²) < 4.78 is 31.5. The van der Waals surface area contributed by atoms with E-state index in [1.165, 1.54) is 7.11 Å². The van der Waals surface area contributed by atoms with Crippen molar-refractivity contribution in [2.75, 3.05) is 12.4 Å². The molecule has 0 saturated carbocycles. The van der Waals surface area contributed by atoms with Gasteiger partial charge in [-0.25, -0.2) is 13.6 Å². The van der Waals surface area contributed by atoms with Crippen molar-refractivity contribution in [3.63, 3.8) is 0 Å². The number of carboxylic acid groups (broad SMARTS) is 1. The molecule has 21 heavy (non-hydrogen) atoms. The molecule has 0 spiro atoms. The second-order valence-corrected chi connectivity index (χ2v) is 4.35. The van der Waals surface area contributed by atoms with E-state index in [1.54, 1.807) is 24.3 Å². The fourth-order valence-corrected chi connectivity index (χ4v) is 1.91. The molecule has 0 amide bonds. The van der Waals surface area contributed by atoms with Crippen LogP contribution in [0.4, 0.5) is 14.5 Å². The number of hydrogen-bond acceptors (Lipinski definition) is 3. The lowest BCUT2D eigenvalue weighted by molar-refractivity contribution is -0.138. The van der Waals surface area contributed by atoms with E-state index >= 15 is 0 Å². The van der Waals surface area contributed by atoms with E-state index < -0.39 is 23.6 Å². The highest BCUT2D eigenvalue weighted by Gasteiger charge is 2.21. The first-order valence-electron chi connectivity index (χ1n) is 6.09. The molecule has 0 heterocycles.